The van der Waals surface area contributed by atoms with Crippen LogP contribution in [0.5, 0.6) is 23.1 Å². The first-order valence-corrected chi connectivity index (χ1v) is 10.1. The lowest BCUT2D eigenvalue weighted by Gasteiger charge is -2.12. The maximum atomic E-state index is 13.0. The Morgan fingerprint density at radius 3 is 2.39 bits per heavy atom. The van der Waals surface area contributed by atoms with Crippen LogP contribution in [0.1, 0.15) is 16.1 Å². The highest BCUT2D eigenvalue weighted by atomic mass is 16.5. The Hall–Kier alpha value is -4.17. The van der Waals surface area contributed by atoms with Crippen molar-refractivity contribution >= 4 is 22.4 Å². The van der Waals surface area contributed by atoms with E-state index in [1.165, 1.54) is 6.33 Å². The van der Waals surface area contributed by atoms with Gasteiger partial charge in [-0.15, -0.1) is 0 Å². The summed E-state index contributed by atoms with van der Waals surface area (Å²) < 4.78 is 21.5. The lowest BCUT2D eigenvalue weighted by molar-refractivity contribution is 0.102. The van der Waals surface area contributed by atoms with Gasteiger partial charge in [0.15, 0.2) is 0 Å². The van der Waals surface area contributed by atoms with Crippen molar-refractivity contribution in [1.82, 2.24) is 9.97 Å². The SMILES string of the molecule is COCc1cc(Oc2ccc3c(C(=O)Nc4cc(OC)cc(OC)c4)cccc3c2)ncn1. The second kappa shape index (κ2) is 9.97. The molecule has 1 heterocycles. The summed E-state index contributed by atoms with van der Waals surface area (Å²) in [6.07, 6.45) is 1.43. The molecule has 1 N–H and O–H groups in total. The van der Waals surface area contributed by atoms with Gasteiger partial charge in [0.2, 0.25) is 5.88 Å². The van der Waals surface area contributed by atoms with Crippen LogP contribution >= 0.6 is 0 Å². The first kappa shape index (κ1) is 22.0. The lowest BCUT2D eigenvalue weighted by atomic mass is 10.0. The minimum Gasteiger partial charge on any atom is -0.497 e. The molecule has 0 saturated carbocycles. The number of hydrogen-bond donors (Lipinski definition) is 1. The number of aromatic nitrogens is 2. The van der Waals surface area contributed by atoms with Crippen LogP contribution in [0.3, 0.4) is 0 Å². The molecule has 1 aromatic heterocycles. The summed E-state index contributed by atoms with van der Waals surface area (Å²) >= 11 is 0. The largest absolute Gasteiger partial charge is 0.497 e. The van der Waals surface area contributed by atoms with Crippen molar-refractivity contribution in [1.29, 1.82) is 0 Å². The molecule has 3 aromatic carbocycles. The number of nitrogens with one attached hydrogen (secondary N) is 1. The van der Waals surface area contributed by atoms with Gasteiger partial charge in [-0.05, 0) is 35.0 Å². The van der Waals surface area contributed by atoms with Crippen molar-refractivity contribution in [2.45, 2.75) is 6.61 Å². The predicted molar refractivity (Wildman–Crippen MR) is 124 cm³/mol. The molecule has 0 radical (unpaired) electrons. The van der Waals surface area contributed by atoms with E-state index in [1.54, 1.807) is 57.7 Å². The van der Waals surface area contributed by atoms with Crippen LogP contribution in [-0.2, 0) is 11.3 Å². The van der Waals surface area contributed by atoms with Gasteiger partial charge in [-0.2, -0.15) is 0 Å². The van der Waals surface area contributed by atoms with Gasteiger partial charge in [0.25, 0.3) is 5.91 Å². The van der Waals surface area contributed by atoms with Gasteiger partial charge >= 0.3 is 0 Å². The normalized spacial score (nSPS) is 10.6. The summed E-state index contributed by atoms with van der Waals surface area (Å²) in [6, 6.07) is 18.0. The molecule has 168 valence electrons. The smallest absolute Gasteiger partial charge is 0.256 e. The quantitative estimate of drug-likeness (QED) is 0.415. The van der Waals surface area contributed by atoms with Gasteiger partial charge in [-0.3, -0.25) is 4.79 Å². The zero-order valence-electron chi connectivity index (χ0n) is 18.5. The number of amides is 1. The van der Waals surface area contributed by atoms with Gasteiger partial charge in [0.05, 0.1) is 26.5 Å². The lowest BCUT2D eigenvalue weighted by Crippen LogP contribution is -2.12. The fourth-order valence-corrected chi connectivity index (χ4v) is 3.38. The highest BCUT2D eigenvalue weighted by Gasteiger charge is 2.13. The summed E-state index contributed by atoms with van der Waals surface area (Å²) in [7, 11) is 4.72. The second-order valence-electron chi connectivity index (χ2n) is 7.13. The Morgan fingerprint density at radius 1 is 0.879 bits per heavy atom. The standard InChI is InChI=1S/C25H23N3O5/c1-30-14-18-12-24(27-15-26-18)33-19-7-8-22-16(9-19)5-4-6-23(22)25(29)28-17-10-20(31-2)13-21(11-17)32-3/h4-13,15H,14H2,1-3H3,(H,28,29). The van der Waals surface area contributed by atoms with Gasteiger partial charge < -0.3 is 24.3 Å². The number of anilines is 1. The maximum Gasteiger partial charge on any atom is 0.256 e. The maximum absolute atomic E-state index is 13.0. The number of hydrogen-bond acceptors (Lipinski definition) is 7. The van der Waals surface area contributed by atoms with E-state index in [2.05, 4.69) is 15.3 Å². The number of rotatable bonds is 8. The highest BCUT2D eigenvalue weighted by molar-refractivity contribution is 6.13. The van der Waals surface area contributed by atoms with Crippen LogP contribution in [-0.4, -0.2) is 37.2 Å². The monoisotopic (exact) mass is 445 g/mol. The highest BCUT2D eigenvalue weighted by Crippen LogP contribution is 2.29. The van der Waals surface area contributed by atoms with Gasteiger partial charge in [-0.1, -0.05) is 12.1 Å². The first-order chi connectivity index (χ1) is 16.1. The van der Waals surface area contributed by atoms with Gasteiger partial charge in [0.1, 0.15) is 23.6 Å². The molecule has 4 rings (SSSR count). The summed E-state index contributed by atoms with van der Waals surface area (Å²) in [4.78, 5) is 21.3. The minimum atomic E-state index is -0.246. The zero-order chi connectivity index (χ0) is 23.2. The molecule has 8 heteroatoms. The Morgan fingerprint density at radius 2 is 1.67 bits per heavy atom. The van der Waals surface area contributed by atoms with E-state index in [0.717, 1.165) is 16.5 Å². The molecule has 0 saturated heterocycles. The molecular formula is C25H23N3O5. The van der Waals surface area contributed by atoms with E-state index >= 15 is 0 Å². The number of fused-ring (bicyclic) bond motifs is 1. The molecule has 0 aliphatic carbocycles. The zero-order valence-corrected chi connectivity index (χ0v) is 18.5. The molecule has 0 fully saturated rings. The fourth-order valence-electron chi connectivity index (χ4n) is 3.38. The van der Waals surface area contributed by atoms with E-state index < -0.39 is 0 Å². The molecule has 0 atom stereocenters. The van der Waals surface area contributed by atoms with E-state index in [-0.39, 0.29) is 5.91 Å². The molecule has 33 heavy (non-hydrogen) atoms. The molecule has 8 nitrogen and oxygen atoms in total. The molecule has 1 amide bonds. The number of nitrogens with zero attached hydrogens (tertiary/aromatic N) is 2. The number of methoxy groups -OCH3 is 3. The van der Waals surface area contributed by atoms with Crippen LogP contribution in [0.25, 0.3) is 10.8 Å². The average Bonchev–Trinajstić information content (AvgIpc) is 2.83. The molecule has 0 unspecified atom stereocenters. The summed E-state index contributed by atoms with van der Waals surface area (Å²) in [5, 5.41) is 4.56. The fraction of sp³-hybridized carbons (Fsp3) is 0.160. The Labute approximate surface area is 191 Å². The Balaban J connectivity index is 1.58. The van der Waals surface area contributed by atoms with Gasteiger partial charge in [0, 0.05) is 42.6 Å². The second-order valence-corrected chi connectivity index (χ2v) is 7.13. The van der Waals surface area contributed by atoms with Crippen molar-refractivity contribution in [3.05, 3.63) is 78.2 Å². The molecule has 0 aliphatic heterocycles. The molecule has 0 aliphatic rings. The third-order valence-corrected chi connectivity index (χ3v) is 4.92. The summed E-state index contributed by atoms with van der Waals surface area (Å²) in [6.45, 7) is 0.369. The summed E-state index contributed by atoms with van der Waals surface area (Å²) in [5.74, 6) is 1.94. The van der Waals surface area contributed by atoms with Crippen LogP contribution < -0.4 is 19.5 Å². The minimum absolute atomic E-state index is 0.246. The van der Waals surface area contributed by atoms with E-state index in [9.17, 15) is 4.79 Å². The first-order valence-electron chi connectivity index (χ1n) is 10.1. The number of carbonyl (C=O) groups excluding carboxylic acids is 1. The van der Waals surface area contributed by atoms with E-state index in [4.69, 9.17) is 18.9 Å². The van der Waals surface area contributed by atoms with Crippen molar-refractivity contribution in [3.63, 3.8) is 0 Å². The third kappa shape index (κ3) is 5.19. The van der Waals surface area contributed by atoms with Crippen LogP contribution in [0.4, 0.5) is 5.69 Å². The van der Waals surface area contributed by atoms with Crippen LogP contribution in [0, 0.1) is 0 Å². The Bertz CT molecular complexity index is 1270. The number of ether oxygens (including phenoxy) is 4. The van der Waals surface area contributed by atoms with Gasteiger partial charge in [-0.25, -0.2) is 9.97 Å². The predicted octanol–water partition coefficient (Wildman–Crippen LogP) is 4.84. The molecule has 4 aromatic rings. The van der Waals surface area contributed by atoms with Crippen molar-refractivity contribution < 1.29 is 23.7 Å². The topological polar surface area (TPSA) is 91.8 Å². The van der Waals surface area contributed by atoms with Crippen molar-refractivity contribution in [2.75, 3.05) is 26.6 Å². The average molecular weight is 445 g/mol. The number of benzene rings is 3. The third-order valence-electron chi connectivity index (χ3n) is 4.92. The van der Waals surface area contributed by atoms with E-state index in [1.807, 2.05) is 24.3 Å². The number of carbonyl (C=O) groups is 1. The molecular weight excluding hydrogens is 422 g/mol. The van der Waals surface area contributed by atoms with Crippen molar-refractivity contribution in [3.8, 4) is 23.1 Å². The summed E-state index contributed by atoms with van der Waals surface area (Å²) in [5.41, 5.74) is 1.82. The van der Waals surface area contributed by atoms with Crippen molar-refractivity contribution in [2.24, 2.45) is 0 Å². The molecule has 0 spiro atoms. The van der Waals surface area contributed by atoms with E-state index in [0.29, 0.717) is 41.0 Å². The van der Waals surface area contributed by atoms with Crippen LogP contribution in [0.2, 0.25) is 0 Å². The molecule has 0 bridgehead atoms. The van der Waals surface area contributed by atoms with Crippen LogP contribution in [0.15, 0.2) is 67.0 Å². The Kier molecular flexibility index (Phi) is 6.66.